The van der Waals surface area contributed by atoms with Crippen LogP contribution in [0.1, 0.15) is 6.92 Å². The minimum atomic E-state index is -0.139. The number of hydrogen-bond acceptors (Lipinski definition) is 1. The van der Waals surface area contributed by atoms with E-state index >= 15 is 0 Å². The Kier molecular flexibility index (Phi) is 7.07. The van der Waals surface area contributed by atoms with Gasteiger partial charge in [-0.25, -0.2) is 0 Å². The molecule has 0 amide bonds. The summed E-state index contributed by atoms with van der Waals surface area (Å²) in [6.45, 7) is 1.39. The molecule has 0 aromatic heterocycles. The highest BCUT2D eigenvalue weighted by Gasteiger charge is 1.63. The van der Waals surface area contributed by atoms with Crippen molar-refractivity contribution < 1.29 is 10.3 Å². The van der Waals surface area contributed by atoms with E-state index in [1.807, 2.05) is 0 Å². The van der Waals surface area contributed by atoms with E-state index in [4.69, 9.17) is 0 Å². The lowest BCUT2D eigenvalue weighted by molar-refractivity contribution is -0.108. The molecule has 0 heterocycles. The van der Waals surface area contributed by atoms with Gasteiger partial charge in [-0.15, -0.1) is 12.6 Å². The molecule has 3 heteroatoms. The lowest BCUT2D eigenvalue weighted by Crippen LogP contribution is -1.62. The Labute approximate surface area is 35.9 Å². The molecule has 0 aliphatic rings. The van der Waals surface area contributed by atoms with Crippen molar-refractivity contribution in [2.24, 2.45) is 0 Å². The molecule has 0 saturated carbocycles. The Morgan fingerprint density at radius 2 is 1.80 bits per heavy atom. The third kappa shape index (κ3) is 39000. The second kappa shape index (κ2) is 3.98. The SMILES string of the molecule is CC(=O)S.O. The van der Waals surface area contributed by atoms with Crippen LogP contribution in [0.25, 0.3) is 0 Å². The summed E-state index contributed by atoms with van der Waals surface area (Å²) in [6.07, 6.45) is 0. The third-order valence-corrected chi connectivity index (χ3v) is 0. The summed E-state index contributed by atoms with van der Waals surface area (Å²) in [4.78, 5) is 9.31. The molecule has 0 spiro atoms. The van der Waals surface area contributed by atoms with E-state index < -0.39 is 0 Å². The van der Waals surface area contributed by atoms with Gasteiger partial charge < -0.3 is 5.48 Å². The number of thiol groups is 1. The lowest BCUT2D eigenvalue weighted by Gasteiger charge is -1.55. The van der Waals surface area contributed by atoms with Crippen LogP contribution in [0.5, 0.6) is 0 Å². The molecule has 0 saturated heterocycles. The van der Waals surface area contributed by atoms with Crippen molar-refractivity contribution in [2.45, 2.75) is 6.92 Å². The molecule has 0 aliphatic carbocycles. The van der Waals surface area contributed by atoms with Crippen LogP contribution in [-0.4, -0.2) is 10.6 Å². The Morgan fingerprint density at radius 3 is 1.80 bits per heavy atom. The van der Waals surface area contributed by atoms with Gasteiger partial charge in [0.05, 0.1) is 0 Å². The van der Waals surface area contributed by atoms with Crippen molar-refractivity contribution in [3.05, 3.63) is 0 Å². The zero-order valence-electron chi connectivity index (χ0n) is 2.86. The van der Waals surface area contributed by atoms with E-state index in [1.165, 1.54) is 6.92 Å². The molecule has 0 bridgehead atoms. The van der Waals surface area contributed by atoms with Gasteiger partial charge >= 0.3 is 0 Å². The molecule has 0 fully saturated rings. The topological polar surface area (TPSA) is 48.6 Å². The molecule has 0 atom stereocenters. The van der Waals surface area contributed by atoms with Crippen LogP contribution in [0, 0.1) is 0 Å². The minimum Gasteiger partial charge on any atom is -0.412 e. The van der Waals surface area contributed by atoms with Crippen LogP contribution < -0.4 is 0 Å². The van der Waals surface area contributed by atoms with Gasteiger partial charge in [0, 0.05) is 6.92 Å². The maximum Gasteiger partial charge on any atom is 0.182 e. The smallest absolute Gasteiger partial charge is 0.182 e. The van der Waals surface area contributed by atoms with Crippen molar-refractivity contribution in [1.29, 1.82) is 0 Å². The molecule has 2 N–H and O–H groups in total. The second-order valence-electron chi connectivity index (χ2n) is 0.519. The summed E-state index contributed by atoms with van der Waals surface area (Å²) >= 11 is 3.33. The standard InChI is InChI=1S/C2H4OS.H2O/c1-2(3)4;/h1H3,(H,3,4);1H2. The molecular formula is C2H6O2S. The van der Waals surface area contributed by atoms with Gasteiger partial charge in [-0.2, -0.15) is 0 Å². The monoisotopic (exact) mass is 94.0 g/mol. The Balaban J connectivity index is 0. The van der Waals surface area contributed by atoms with E-state index in [0.717, 1.165) is 0 Å². The summed E-state index contributed by atoms with van der Waals surface area (Å²) in [5.41, 5.74) is 0. The highest BCUT2D eigenvalue weighted by Crippen LogP contribution is 1.66. The second-order valence-corrected chi connectivity index (χ2v) is 1.15. The molecule has 5 heavy (non-hydrogen) atoms. The van der Waals surface area contributed by atoms with Crippen LogP contribution in [0.2, 0.25) is 0 Å². The summed E-state index contributed by atoms with van der Waals surface area (Å²) in [5.74, 6) is 0. The Morgan fingerprint density at radius 1 is 1.80 bits per heavy atom. The first-order valence-electron chi connectivity index (χ1n) is 0.928. The Bertz CT molecular complexity index is 30.6. The van der Waals surface area contributed by atoms with Crippen molar-refractivity contribution in [3.8, 4) is 0 Å². The summed E-state index contributed by atoms with van der Waals surface area (Å²) < 4.78 is 0. The molecule has 0 radical (unpaired) electrons. The highest BCUT2D eigenvalue weighted by molar-refractivity contribution is 7.96. The van der Waals surface area contributed by atoms with Gasteiger partial charge in [0.2, 0.25) is 0 Å². The highest BCUT2D eigenvalue weighted by atomic mass is 32.1. The first kappa shape index (κ1) is 8.88. The quantitative estimate of drug-likeness (QED) is 0.409. The Hall–Kier alpha value is -0.0200. The van der Waals surface area contributed by atoms with Crippen LogP contribution in [0.4, 0.5) is 0 Å². The maximum atomic E-state index is 9.31. The summed E-state index contributed by atoms with van der Waals surface area (Å²) in [5, 5.41) is -0.139. The average Bonchev–Trinajstić information content (AvgIpc) is 0.811. The largest absolute Gasteiger partial charge is 0.412 e. The van der Waals surface area contributed by atoms with E-state index in [-0.39, 0.29) is 10.6 Å². The molecule has 32 valence electrons. The van der Waals surface area contributed by atoms with Crippen LogP contribution >= 0.6 is 12.6 Å². The van der Waals surface area contributed by atoms with E-state index in [2.05, 4.69) is 12.6 Å². The predicted molar refractivity (Wildman–Crippen MR) is 23.3 cm³/mol. The zero-order valence-corrected chi connectivity index (χ0v) is 3.75. The minimum absolute atomic E-state index is 0. The first-order chi connectivity index (χ1) is 1.73. The van der Waals surface area contributed by atoms with Crippen molar-refractivity contribution in [2.75, 3.05) is 0 Å². The van der Waals surface area contributed by atoms with Gasteiger partial charge in [-0.3, -0.25) is 4.79 Å². The zero-order chi connectivity index (χ0) is 3.58. The fourth-order valence-corrected chi connectivity index (χ4v) is 0. The number of carbonyl (C=O) groups is 1. The maximum absolute atomic E-state index is 9.31. The van der Waals surface area contributed by atoms with Gasteiger partial charge in [-0.05, 0) is 0 Å². The number of carbonyl (C=O) groups excluding carboxylic acids is 1. The van der Waals surface area contributed by atoms with Gasteiger partial charge in [0.25, 0.3) is 0 Å². The van der Waals surface area contributed by atoms with Crippen molar-refractivity contribution >= 4 is 17.7 Å². The van der Waals surface area contributed by atoms with Crippen LogP contribution in [-0.2, 0) is 4.79 Å². The van der Waals surface area contributed by atoms with Gasteiger partial charge in [-0.1, -0.05) is 0 Å². The predicted octanol–water partition coefficient (Wildman–Crippen LogP) is -0.362. The van der Waals surface area contributed by atoms with E-state index in [1.54, 1.807) is 0 Å². The molecule has 0 aromatic rings. The molecule has 0 aromatic carbocycles. The summed E-state index contributed by atoms with van der Waals surface area (Å²) in [7, 11) is 0. The fourth-order valence-electron chi connectivity index (χ4n) is 0. The molecule has 0 rings (SSSR count). The lowest BCUT2D eigenvalue weighted by atomic mass is 10.9. The molecule has 2 nitrogen and oxygen atoms in total. The number of rotatable bonds is 0. The first-order valence-corrected chi connectivity index (χ1v) is 1.37. The molecule has 0 aliphatic heterocycles. The average molecular weight is 94.1 g/mol. The van der Waals surface area contributed by atoms with Crippen LogP contribution in [0.15, 0.2) is 0 Å². The van der Waals surface area contributed by atoms with Crippen LogP contribution in [0.3, 0.4) is 0 Å². The summed E-state index contributed by atoms with van der Waals surface area (Å²) in [6, 6.07) is 0. The molecular weight excluding hydrogens is 88.1 g/mol. The van der Waals surface area contributed by atoms with Gasteiger partial charge in [0.15, 0.2) is 5.12 Å². The van der Waals surface area contributed by atoms with Crippen molar-refractivity contribution in [3.63, 3.8) is 0 Å². The van der Waals surface area contributed by atoms with Gasteiger partial charge in [0.1, 0.15) is 0 Å². The fraction of sp³-hybridized carbons (Fsp3) is 0.500. The van der Waals surface area contributed by atoms with E-state index in [0.29, 0.717) is 0 Å². The molecule has 0 unspecified atom stereocenters. The normalized spacial score (nSPS) is 5.20. The van der Waals surface area contributed by atoms with E-state index in [9.17, 15) is 4.79 Å². The number of hydrogen-bond donors (Lipinski definition) is 1. The van der Waals surface area contributed by atoms with Crippen molar-refractivity contribution in [1.82, 2.24) is 0 Å². The third-order valence-electron chi connectivity index (χ3n) is 0.